The van der Waals surface area contributed by atoms with Crippen LogP contribution >= 0.6 is 34.5 Å². The smallest absolute Gasteiger partial charge is 0.416 e. The summed E-state index contributed by atoms with van der Waals surface area (Å²) >= 11 is 14.1. The first kappa shape index (κ1) is 30.0. The Morgan fingerprint density at radius 3 is 2.26 bits per heavy atom. The Labute approximate surface area is 233 Å². The molecule has 0 saturated heterocycles. The molecule has 1 aromatic heterocycles. The van der Waals surface area contributed by atoms with Crippen LogP contribution in [0.4, 0.5) is 13.2 Å². The molecule has 38 heavy (non-hydrogen) atoms. The van der Waals surface area contributed by atoms with Gasteiger partial charge < -0.3 is 9.47 Å². The lowest BCUT2D eigenvalue weighted by Gasteiger charge is -2.21. The van der Waals surface area contributed by atoms with Gasteiger partial charge in [0.05, 0.1) is 34.6 Å². The first-order valence-corrected chi connectivity index (χ1v) is 13.4. The zero-order valence-corrected chi connectivity index (χ0v) is 23.4. The maximum Gasteiger partial charge on any atom is 0.416 e. The minimum atomic E-state index is -4.40. The lowest BCUT2D eigenvalue weighted by molar-refractivity contribution is -0.151. The van der Waals surface area contributed by atoms with Crippen LogP contribution in [0.2, 0.25) is 10.0 Å². The Hall–Kier alpha value is -2.55. The molecule has 0 aliphatic heterocycles. The fraction of sp³-hybridized carbons (Fsp3) is 0.357. The Morgan fingerprint density at radius 2 is 1.63 bits per heavy atom. The largest absolute Gasteiger partial charge is 0.492 e. The quantitative estimate of drug-likeness (QED) is 0.128. The zero-order chi connectivity index (χ0) is 28.1. The molecule has 10 heteroatoms. The molecule has 0 radical (unpaired) electrons. The molecule has 1 heterocycles. The van der Waals surface area contributed by atoms with Gasteiger partial charge in [0.25, 0.3) is 0 Å². The van der Waals surface area contributed by atoms with E-state index in [2.05, 4.69) is 0 Å². The van der Waals surface area contributed by atoms with Crippen molar-refractivity contribution in [2.75, 3.05) is 13.7 Å². The van der Waals surface area contributed by atoms with E-state index in [1.807, 2.05) is 13.8 Å². The molecule has 204 valence electrons. The number of hydrogen-bond donors (Lipinski definition) is 0. The van der Waals surface area contributed by atoms with Gasteiger partial charge in [0.2, 0.25) is 0 Å². The predicted octanol–water partition coefficient (Wildman–Crippen LogP) is 8.91. The maximum absolute atomic E-state index is 12.8. The van der Waals surface area contributed by atoms with E-state index in [1.54, 1.807) is 24.3 Å². The van der Waals surface area contributed by atoms with E-state index in [4.69, 9.17) is 32.7 Å². The van der Waals surface area contributed by atoms with Crippen molar-refractivity contribution in [1.82, 2.24) is 0 Å². The van der Waals surface area contributed by atoms with Crippen molar-refractivity contribution in [1.29, 1.82) is 0 Å². The van der Waals surface area contributed by atoms with Gasteiger partial charge >= 0.3 is 12.1 Å². The summed E-state index contributed by atoms with van der Waals surface area (Å²) in [5, 5.41) is 0.563. The molecular formula is C28H27Cl2F3O4S. The molecule has 4 nitrogen and oxygen atoms in total. The molecule has 0 aliphatic carbocycles. The fourth-order valence-electron chi connectivity index (χ4n) is 3.79. The predicted molar refractivity (Wildman–Crippen MR) is 144 cm³/mol. The van der Waals surface area contributed by atoms with Crippen molar-refractivity contribution in [3.8, 4) is 16.2 Å². The van der Waals surface area contributed by atoms with Crippen LogP contribution in [0.1, 0.15) is 53.9 Å². The topological polar surface area (TPSA) is 52.6 Å². The highest BCUT2D eigenvalue weighted by Gasteiger charge is 2.30. The fourth-order valence-corrected chi connectivity index (χ4v) is 5.26. The number of aryl methyl sites for hydroxylation is 1. The number of Topliss-reactive ketones (excluding diaryl/α,β-unsaturated/α-hetero) is 1. The first-order chi connectivity index (χ1) is 17.8. The summed E-state index contributed by atoms with van der Waals surface area (Å²) in [6.07, 6.45) is -2.66. The van der Waals surface area contributed by atoms with Gasteiger partial charge in [-0.05, 0) is 74.6 Å². The third-order valence-electron chi connectivity index (χ3n) is 6.07. The van der Waals surface area contributed by atoms with Crippen molar-refractivity contribution < 1.29 is 32.2 Å². The average molecular weight is 587 g/mol. The summed E-state index contributed by atoms with van der Waals surface area (Å²) in [4.78, 5) is 25.8. The normalized spacial score (nSPS) is 11.9. The molecular weight excluding hydrogens is 560 g/mol. The molecule has 0 spiro atoms. The van der Waals surface area contributed by atoms with Gasteiger partial charge in [-0.25, -0.2) is 0 Å². The number of methoxy groups -OCH3 is 1. The van der Waals surface area contributed by atoms with Crippen molar-refractivity contribution in [2.45, 2.75) is 45.7 Å². The highest BCUT2D eigenvalue weighted by Crippen LogP contribution is 2.37. The van der Waals surface area contributed by atoms with Gasteiger partial charge in [-0.3, -0.25) is 9.59 Å². The number of ketones is 1. The summed E-state index contributed by atoms with van der Waals surface area (Å²) in [6.45, 7) is 3.96. The number of carbonyl (C=O) groups excluding carboxylic acids is 2. The van der Waals surface area contributed by atoms with E-state index >= 15 is 0 Å². The number of hydrogen-bond acceptors (Lipinski definition) is 5. The summed E-state index contributed by atoms with van der Waals surface area (Å²) < 4.78 is 48.9. The van der Waals surface area contributed by atoms with Crippen LogP contribution in [-0.2, 0) is 22.1 Å². The number of alkyl halides is 3. The van der Waals surface area contributed by atoms with Crippen LogP contribution in [0.15, 0.2) is 48.5 Å². The number of thiophene rings is 1. The Morgan fingerprint density at radius 1 is 0.947 bits per heavy atom. The molecule has 0 saturated carbocycles. The van der Waals surface area contributed by atoms with E-state index in [1.165, 1.54) is 30.6 Å². The molecule has 0 bridgehead atoms. The average Bonchev–Trinajstić information content (AvgIpc) is 3.38. The van der Waals surface area contributed by atoms with Gasteiger partial charge in [0.15, 0.2) is 5.78 Å². The summed E-state index contributed by atoms with van der Waals surface area (Å²) in [6, 6.07) is 11.7. The summed E-state index contributed by atoms with van der Waals surface area (Å²) in [5.41, 5.74) is -0.0228. The van der Waals surface area contributed by atoms with Crippen molar-refractivity contribution in [3.05, 3.63) is 74.6 Å². The third kappa shape index (κ3) is 7.52. The van der Waals surface area contributed by atoms with Crippen LogP contribution < -0.4 is 4.74 Å². The van der Waals surface area contributed by atoms with E-state index < -0.39 is 17.2 Å². The van der Waals surface area contributed by atoms with Gasteiger partial charge in [-0.15, -0.1) is 11.3 Å². The lowest BCUT2D eigenvalue weighted by Crippen LogP contribution is -2.26. The number of ether oxygens (including phenoxy) is 2. The molecule has 0 atom stereocenters. The number of halogens is 5. The lowest BCUT2D eigenvalue weighted by atomic mass is 9.88. The highest BCUT2D eigenvalue weighted by atomic mass is 35.5. The Bertz CT molecular complexity index is 1280. The van der Waals surface area contributed by atoms with E-state index in [-0.39, 0.29) is 23.2 Å². The standard InChI is InChI=1S/C28H27Cl2F3O4S/c1-27(2,26(35)36-3)15-4-16-37-21-12-8-18(24(29)25(21)30)7-11-20(34)23-14-13-22(38-23)17-5-9-19(10-6-17)28(31,32)33/h5-6,8-10,12-14H,4,7,11,15-16H2,1-3H3. The number of esters is 1. The molecule has 3 aromatic rings. The summed E-state index contributed by atoms with van der Waals surface area (Å²) in [5.74, 6) is 0.0341. The Balaban J connectivity index is 1.56. The van der Waals surface area contributed by atoms with E-state index in [0.29, 0.717) is 57.5 Å². The van der Waals surface area contributed by atoms with Gasteiger partial charge in [-0.2, -0.15) is 13.2 Å². The first-order valence-electron chi connectivity index (χ1n) is 11.8. The minimum Gasteiger partial charge on any atom is -0.492 e. The second-order valence-electron chi connectivity index (χ2n) is 9.34. The zero-order valence-electron chi connectivity index (χ0n) is 21.1. The molecule has 0 unspecified atom stereocenters. The van der Waals surface area contributed by atoms with Gasteiger partial charge in [0, 0.05) is 11.3 Å². The Kier molecular flexibility index (Phi) is 9.90. The monoisotopic (exact) mass is 586 g/mol. The second-order valence-corrected chi connectivity index (χ2v) is 11.2. The van der Waals surface area contributed by atoms with Gasteiger partial charge in [-0.1, -0.05) is 41.4 Å². The van der Waals surface area contributed by atoms with E-state index in [0.717, 1.165) is 12.1 Å². The molecule has 3 rings (SSSR count). The van der Waals surface area contributed by atoms with Crippen LogP contribution in [0.25, 0.3) is 10.4 Å². The van der Waals surface area contributed by atoms with Crippen LogP contribution in [0, 0.1) is 5.41 Å². The second kappa shape index (κ2) is 12.5. The third-order valence-corrected chi connectivity index (χ3v) is 8.15. The molecule has 2 aromatic carbocycles. The van der Waals surface area contributed by atoms with Crippen molar-refractivity contribution in [2.24, 2.45) is 5.41 Å². The molecule has 0 N–H and O–H groups in total. The molecule has 0 fully saturated rings. The maximum atomic E-state index is 12.8. The number of benzene rings is 2. The highest BCUT2D eigenvalue weighted by molar-refractivity contribution is 7.17. The molecule has 0 aliphatic rings. The van der Waals surface area contributed by atoms with Gasteiger partial charge in [0.1, 0.15) is 10.8 Å². The number of rotatable bonds is 11. The van der Waals surface area contributed by atoms with Crippen molar-refractivity contribution in [3.63, 3.8) is 0 Å². The van der Waals surface area contributed by atoms with Crippen LogP contribution in [0.5, 0.6) is 5.75 Å². The van der Waals surface area contributed by atoms with E-state index in [9.17, 15) is 22.8 Å². The van der Waals surface area contributed by atoms with Crippen molar-refractivity contribution >= 4 is 46.3 Å². The van der Waals surface area contributed by atoms with Crippen LogP contribution in [-0.4, -0.2) is 25.5 Å². The summed E-state index contributed by atoms with van der Waals surface area (Å²) in [7, 11) is 1.36. The van der Waals surface area contributed by atoms with Crippen LogP contribution in [0.3, 0.4) is 0 Å². The minimum absolute atomic E-state index is 0.103. The SMILES string of the molecule is COC(=O)C(C)(C)CCCOc1ccc(CCC(=O)c2ccc(-c3ccc(C(F)(F)F)cc3)s2)c(Cl)c1Cl. The number of carbonyl (C=O) groups is 2. The molecule has 0 amide bonds.